The number of halogens is 21. The number of carbonyl (C=O) groups is 1. The molecule has 29 heteroatoms. The Labute approximate surface area is 231 Å². The second-order valence-corrected chi connectivity index (χ2v) is 7.39. The van der Waals surface area contributed by atoms with Crippen LogP contribution in [0.3, 0.4) is 0 Å². The summed E-state index contributed by atoms with van der Waals surface area (Å²) in [6.07, 6.45) is -74.5. The number of carbonyl (C=O) groups excluding carboxylic acids is 1. The van der Waals surface area contributed by atoms with Crippen molar-refractivity contribution in [1.29, 1.82) is 0 Å². The van der Waals surface area contributed by atoms with Gasteiger partial charge in [-0.2, -0.15) is 66.2 Å². The van der Waals surface area contributed by atoms with Crippen molar-refractivity contribution < 1.29 is 130 Å². The van der Waals surface area contributed by atoms with Crippen LogP contribution < -0.4 is 0 Å². The number of alkyl halides is 21. The van der Waals surface area contributed by atoms with Gasteiger partial charge in [0.1, 0.15) is 0 Å². The minimum Gasteiger partial charge on any atom is -0.462 e. The van der Waals surface area contributed by atoms with Crippen LogP contribution in [0.15, 0.2) is 12.2 Å². The molecule has 0 spiro atoms. The predicted octanol–water partition coefficient (Wildman–Crippen LogP) is 7.37. The first-order valence-electron chi connectivity index (χ1n) is 9.82. The van der Waals surface area contributed by atoms with E-state index < -0.39 is 86.3 Å². The molecule has 0 heterocycles. The quantitative estimate of drug-likeness (QED) is 0.0627. The van der Waals surface area contributed by atoms with E-state index in [-0.39, 0.29) is 0 Å². The van der Waals surface area contributed by atoms with Gasteiger partial charge in [-0.3, -0.25) is 0 Å². The maximum absolute atomic E-state index is 13.4. The van der Waals surface area contributed by atoms with E-state index >= 15 is 0 Å². The summed E-state index contributed by atoms with van der Waals surface area (Å²) in [6, 6.07) is 0. The van der Waals surface area contributed by atoms with Crippen molar-refractivity contribution in [3.8, 4) is 0 Å². The van der Waals surface area contributed by atoms with E-state index in [2.05, 4.69) is 16.1 Å². The van der Waals surface area contributed by atoms with Gasteiger partial charge in [0.05, 0.1) is 13.0 Å². The molecule has 0 rings (SSSR count). The Hall–Kier alpha value is -2.50. The van der Waals surface area contributed by atoms with Crippen molar-refractivity contribution in [2.24, 2.45) is 0 Å². The average molecular weight is 728 g/mol. The lowest BCUT2D eigenvalue weighted by molar-refractivity contribution is -0.612. The molecule has 0 saturated heterocycles. The molecule has 0 bridgehead atoms. The first-order chi connectivity index (χ1) is 19.3. The van der Waals surface area contributed by atoms with Crippen molar-refractivity contribution in [3.63, 3.8) is 0 Å². The van der Waals surface area contributed by atoms with E-state index in [4.69, 9.17) is 0 Å². The minimum absolute atomic E-state index is 0.496. The zero-order chi connectivity index (χ0) is 36.5. The van der Waals surface area contributed by atoms with Gasteiger partial charge in [-0.25, -0.2) is 28.5 Å². The monoisotopic (exact) mass is 728 g/mol. The highest BCUT2D eigenvalue weighted by Crippen LogP contribution is 2.51. The Morgan fingerprint density at radius 3 is 1.13 bits per heavy atom. The molecule has 0 fully saturated rings. The van der Waals surface area contributed by atoms with Crippen LogP contribution in [-0.2, 0) is 38.0 Å². The molecule has 0 radical (unpaired) electrons. The molecule has 0 aliphatic carbocycles. The van der Waals surface area contributed by atoms with Gasteiger partial charge in [-0.15, -0.1) is 30.7 Å². The lowest BCUT2D eigenvalue weighted by atomic mass is 10.3. The molecule has 268 valence electrons. The molecule has 0 aliphatic heterocycles. The maximum Gasteiger partial charge on any atom is 0.529 e. The molecule has 0 atom stereocenters. The molecular formula is C16H9F21O8. The van der Waals surface area contributed by atoms with Gasteiger partial charge in [0.15, 0.2) is 0 Å². The Bertz CT molecular complexity index is 1040. The van der Waals surface area contributed by atoms with Gasteiger partial charge in [0, 0.05) is 5.57 Å². The fourth-order valence-corrected chi connectivity index (χ4v) is 1.77. The van der Waals surface area contributed by atoms with Gasteiger partial charge < -0.3 is 4.74 Å². The highest BCUT2D eigenvalue weighted by Gasteiger charge is 2.77. The summed E-state index contributed by atoms with van der Waals surface area (Å²) in [5.41, 5.74) is -0.496. The molecule has 0 saturated carbocycles. The van der Waals surface area contributed by atoms with Crippen LogP contribution in [-0.4, -0.2) is 74.3 Å². The molecule has 0 aromatic heterocycles. The van der Waals surface area contributed by atoms with Crippen LogP contribution in [0.5, 0.6) is 0 Å². The van der Waals surface area contributed by atoms with Gasteiger partial charge in [-0.1, -0.05) is 6.58 Å². The lowest BCUT2D eigenvalue weighted by Crippen LogP contribution is -2.60. The molecule has 0 amide bonds. The molecule has 8 nitrogen and oxygen atoms in total. The van der Waals surface area contributed by atoms with Gasteiger partial charge in [0.25, 0.3) is 0 Å². The largest absolute Gasteiger partial charge is 0.529 e. The van der Waals surface area contributed by atoms with Gasteiger partial charge >= 0.3 is 67.7 Å². The Kier molecular flexibility index (Phi) is 12.2. The lowest BCUT2D eigenvalue weighted by Gasteiger charge is -2.35. The first-order valence-corrected chi connectivity index (χ1v) is 9.82. The van der Waals surface area contributed by atoms with Crippen molar-refractivity contribution in [2.45, 2.75) is 75.1 Å². The zero-order valence-electron chi connectivity index (χ0n) is 20.3. The maximum atomic E-state index is 13.4. The third-order valence-corrected chi connectivity index (χ3v) is 3.50. The summed E-state index contributed by atoms with van der Waals surface area (Å²) in [6.45, 7) is 2.17. The topological polar surface area (TPSA) is 81.7 Å². The summed E-state index contributed by atoms with van der Waals surface area (Å²) in [5, 5.41) is 0. The zero-order valence-corrected chi connectivity index (χ0v) is 20.3. The standard InChI is InChI=1S/C16H9F21O8/c1-5(2)6(38)39-4-3-7(17,18)40-8(19,20)9(21,22)41-10(23,24)11(25,26)42-12(27,28)13(29,30)43-15(34,35)45-16(36,37)44-14(31,32)33/h1,3-4H2,2H3. The highest BCUT2D eigenvalue weighted by atomic mass is 19.4. The van der Waals surface area contributed by atoms with E-state index in [0.717, 1.165) is 6.92 Å². The Morgan fingerprint density at radius 1 is 0.489 bits per heavy atom. The third-order valence-electron chi connectivity index (χ3n) is 3.50. The normalized spacial score (nSPS) is 15.3. The molecule has 0 unspecified atom stereocenters. The number of hydrogen-bond donors (Lipinski definition) is 0. The van der Waals surface area contributed by atoms with Crippen LogP contribution in [0.4, 0.5) is 92.2 Å². The number of ether oxygens (including phenoxy) is 7. The van der Waals surface area contributed by atoms with Crippen LogP contribution >= 0.6 is 0 Å². The van der Waals surface area contributed by atoms with Crippen LogP contribution in [0, 0.1) is 0 Å². The Balaban J connectivity index is 5.85. The van der Waals surface area contributed by atoms with E-state index in [1.807, 2.05) is 0 Å². The summed E-state index contributed by atoms with van der Waals surface area (Å²) >= 11 is 0. The molecule has 0 N–H and O–H groups in total. The summed E-state index contributed by atoms with van der Waals surface area (Å²) in [7, 11) is 0. The van der Waals surface area contributed by atoms with E-state index in [1.165, 1.54) is 18.9 Å². The summed E-state index contributed by atoms with van der Waals surface area (Å²) in [4.78, 5) is 11.0. The third kappa shape index (κ3) is 12.7. The molecule has 0 aliphatic rings. The van der Waals surface area contributed by atoms with Gasteiger partial charge in [0.2, 0.25) is 0 Å². The fourth-order valence-electron chi connectivity index (χ4n) is 1.77. The van der Waals surface area contributed by atoms with Crippen molar-refractivity contribution in [2.75, 3.05) is 6.61 Å². The minimum atomic E-state index is -7.87. The second-order valence-electron chi connectivity index (χ2n) is 7.39. The van der Waals surface area contributed by atoms with Crippen LogP contribution in [0.25, 0.3) is 0 Å². The molecule has 0 aromatic carbocycles. The van der Waals surface area contributed by atoms with Crippen LogP contribution in [0.1, 0.15) is 13.3 Å². The fraction of sp³-hybridized carbons (Fsp3) is 0.812. The predicted molar refractivity (Wildman–Crippen MR) is 87.5 cm³/mol. The van der Waals surface area contributed by atoms with Crippen LogP contribution in [0.2, 0.25) is 0 Å². The van der Waals surface area contributed by atoms with E-state index in [9.17, 15) is 97.0 Å². The second kappa shape index (κ2) is 13.0. The number of esters is 1. The molecule has 0 aromatic rings. The van der Waals surface area contributed by atoms with E-state index in [1.54, 1.807) is 4.74 Å². The molecule has 45 heavy (non-hydrogen) atoms. The first kappa shape index (κ1) is 42.5. The SMILES string of the molecule is C=C(C)C(=O)OCCC(F)(F)OC(F)(F)C(F)(F)OC(F)(F)C(F)(F)OC(F)(F)C(F)(F)OC(F)(F)OC(F)(F)OC(F)(F)F. The summed E-state index contributed by atoms with van der Waals surface area (Å²) in [5.74, 6) is -1.48. The van der Waals surface area contributed by atoms with Gasteiger partial charge in [-0.05, 0) is 6.92 Å². The van der Waals surface area contributed by atoms with Crippen molar-refractivity contribution >= 4 is 5.97 Å². The molecular weight excluding hydrogens is 719 g/mol. The summed E-state index contributed by atoms with van der Waals surface area (Å²) < 4.78 is 287. The van der Waals surface area contributed by atoms with Crippen molar-refractivity contribution in [3.05, 3.63) is 12.2 Å². The number of hydrogen-bond acceptors (Lipinski definition) is 8. The number of rotatable bonds is 18. The average Bonchev–Trinajstić information content (AvgIpc) is 2.66. The van der Waals surface area contributed by atoms with Crippen molar-refractivity contribution in [1.82, 2.24) is 0 Å². The highest BCUT2D eigenvalue weighted by molar-refractivity contribution is 5.86. The Morgan fingerprint density at radius 2 is 0.800 bits per heavy atom. The van der Waals surface area contributed by atoms with E-state index in [0.29, 0.717) is 0 Å². The smallest absolute Gasteiger partial charge is 0.462 e.